The summed E-state index contributed by atoms with van der Waals surface area (Å²) >= 11 is 0. The van der Waals surface area contributed by atoms with Crippen LogP contribution in [-0.2, 0) is 5.41 Å². The Hall–Kier alpha value is -0.890. The molecule has 0 amide bonds. The average molecular weight is 488 g/mol. The summed E-state index contributed by atoms with van der Waals surface area (Å²) in [5, 5.41) is 7.00. The highest BCUT2D eigenvalue weighted by atomic mass is 127. The van der Waals surface area contributed by atoms with E-state index in [1.165, 1.54) is 31.9 Å². The Kier molecular flexibility index (Phi) is 8.79. The van der Waals surface area contributed by atoms with Gasteiger partial charge >= 0.3 is 0 Å². The molecule has 2 aliphatic rings. The van der Waals surface area contributed by atoms with E-state index in [1.54, 1.807) is 6.07 Å². The second kappa shape index (κ2) is 10.6. The molecule has 1 aliphatic carbocycles. The zero-order valence-electron chi connectivity index (χ0n) is 16.6. The van der Waals surface area contributed by atoms with Crippen LogP contribution in [0.25, 0.3) is 0 Å². The van der Waals surface area contributed by atoms with Crippen LogP contribution in [0.4, 0.5) is 4.39 Å². The molecule has 0 bridgehead atoms. The summed E-state index contributed by atoms with van der Waals surface area (Å²) in [5.74, 6) is 0.755. The molecule has 6 heteroatoms. The van der Waals surface area contributed by atoms with Crippen molar-refractivity contribution in [1.82, 2.24) is 15.5 Å². The van der Waals surface area contributed by atoms with Crippen molar-refractivity contribution in [3.05, 3.63) is 35.6 Å². The molecule has 1 saturated carbocycles. The van der Waals surface area contributed by atoms with Crippen molar-refractivity contribution in [1.29, 1.82) is 0 Å². The van der Waals surface area contributed by atoms with Crippen LogP contribution in [0.2, 0.25) is 0 Å². The molecular formula is C21H34FIN4. The van der Waals surface area contributed by atoms with E-state index in [0.29, 0.717) is 6.04 Å². The number of nitrogens with zero attached hydrogens (tertiary/aromatic N) is 2. The Morgan fingerprint density at radius 2 is 2.00 bits per heavy atom. The van der Waals surface area contributed by atoms with Crippen LogP contribution < -0.4 is 10.6 Å². The highest BCUT2D eigenvalue weighted by Crippen LogP contribution is 2.48. The first-order valence-electron chi connectivity index (χ1n) is 10.2. The van der Waals surface area contributed by atoms with Gasteiger partial charge in [-0.15, -0.1) is 24.0 Å². The fourth-order valence-corrected chi connectivity index (χ4v) is 3.87. The fraction of sp³-hybridized carbons (Fsp3) is 0.667. The summed E-state index contributed by atoms with van der Waals surface area (Å²) in [5.41, 5.74) is 1.12. The zero-order valence-corrected chi connectivity index (χ0v) is 19.0. The summed E-state index contributed by atoms with van der Waals surface area (Å²) in [7, 11) is 0. The lowest BCUT2D eigenvalue weighted by atomic mass is 9.96. The number of nitrogens with one attached hydrogen (secondary N) is 2. The zero-order chi connectivity index (χ0) is 18.4. The van der Waals surface area contributed by atoms with E-state index in [1.807, 2.05) is 12.1 Å². The SMILES string of the molecule is CCCN1CCC(NC(=NCC2(c3cccc(F)c3)CC2)NCC)CC1.I. The van der Waals surface area contributed by atoms with Gasteiger partial charge in [-0.2, -0.15) is 0 Å². The van der Waals surface area contributed by atoms with Gasteiger partial charge in [-0.05, 0) is 63.3 Å². The van der Waals surface area contributed by atoms with Crippen LogP contribution >= 0.6 is 24.0 Å². The van der Waals surface area contributed by atoms with Crippen molar-refractivity contribution in [3.63, 3.8) is 0 Å². The van der Waals surface area contributed by atoms with Crippen molar-refractivity contribution in [2.24, 2.45) is 4.99 Å². The number of benzene rings is 1. The van der Waals surface area contributed by atoms with E-state index in [4.69, 9.17) is 4.99 Å². The number of aliphatic imine (C=N–C) groups is 1. The first kappa shape index (κ1) is 22.4. The minimum atomic E-state index is -0.151. The summed E-state index contributed by atoms with van der Waals surface area (Å²) < 4.78 is 13.6. The van der Waals surface area contributed by atoms with Gasteiger partial charge in [0.05, 0.1) is 6.54 Å². The van der Waals surface area contributed by atoms with Gasteiger partial charge in [0, 0.05) is 31.1 Å². The number of halogens is 2. The van der Waals surface area contributed by atoms with Gasteiger partial charge in [0.25, 0.3) is 0 Å². The van der Waals surface area contributed by atoms with Crippen LogP contribution in [0, 0.1) is 5.82 Å². The number of piperidine rings is 1. The molecule has 2 fully saturated rings. The summed E-state index contributed by atoms with van der Waals surface area (Å²) in [4.78, 5) is 7.41. The Balaban J connectivity index is 0.00000261. The van der Waals surface area contributed by atoms with Crippen LogP contribution in [-0.4, -0.2) is 49.6 Å². The molecule has 1 heterocycles. The summed E-state index contributed by atoms with van der Waals surface area (Å²) in [6.07, 6.45) is 5.74. The Bertz CT molecular complexity index is 610. The topological polar surface area (TPSA) is 39.7 Å². The maximum absolute atomic E-state index is 13.6. The molecular weight excluding hydrogens is 454 g/mol. The minimum absolute atomic E-state index is 0. The number of hydrogen-bond acceptors (Lipinski definition) is 2. The third-order valence-electron chi connectivity index (χ3n) is 5.64. The fourth-order valence-electron chi connectivity index (χ4n) is 3.87. The Labute approximate surface area is 180 Å². The smallest absolute Gasteiger partial charge is 0.191 e. The lowest BCUT2D eigenvalue weighted by molar-refractivity contribution is 0.206. The van der Waals surface area contributed by atoms with E-state index in [-0.39, 0.29) is 35.2 Å². The number of guanidine groups is 1. The molecule has 0 spiro atoms. The highest BCUT2D eigenvalue weighted by molar-refractivity contribution is 14.0. The van der Waals surface area contributed by atoms with Crippen LogP contribution in [0.1, 0.15) is 51.5 Å². The van der Waals surface area contributed by atoms with Crippen LogP contribution in [0.3, 0.4) is 0 Å². The van der Waals surface area contributed by atoms with E-state index in [9.17, 15) is 4.39 Å². The maximum atomic E-state index is 13.6. The maximum Gasteiger partial charge on any atom is 0.191 e. The van der Waals surface area contributed by atoms with Gasteiger partial charge in [0.2, 0.25) is 0 Å². The standard InChI is InChI=1S/C21H33FN4.HI/c1-3-12-26-13-8-19(9-14-26)25-20(23-4-2)24-16-21(10-11-21)17-6-5-7-18(22)15-17;/h5-7,15,19H,3-4,8-14,16H2,1-2H3,(H2,23,24,25);1H. The van der Waals surface area contributed by atoms with Gasteiger partial charge in [-0.1, -0.05) is 19.1 Å². The molecule has 1 aromatic carbocycles. The molecule has 0 radical (unpaired) electrons. The van der Waals surface area contributed by atoms with E-state index in [0.717, 1.165) is 50.5 Å². The third kappa shape index (κ3) is 6.31. The predicted octanol–water partition coefficient (Wildman–Crippen LogP) is 3.90. The minimum Gasteiger partial charge on any atom is -0.357 e. The van der Waals surface area contributed by atoms with Crippen molar-refractivity contribution >= 4 is 29.9 Å². The molecule has 1 saturated heterocycles. The number of likely N-dealkylation sites (tertiary alicyclic amines) is 1. The molecule has 2 N–H and O–H groups in total. The monoisotopic (exact) mass is 488 g/mol. The van der Waals surface area contributed by atoms with Gasteiger partial charge < -0.3 is 15.5 Å². The first-order valence-corrected chi connectivity index (χ1v) is 10.2. The summed E-state index contributed by atoms with van der Waals surface area (Å²) in [6.45, 7) is 9.45. The number of hydrogen-bond donors (Lipinski definition) is 2. The first-order chi connectivity index (χ1) is 12.6. The molecule has 0 aromatic heterocycles. The van der Waals surface area contributed by atoms with Crippen molar-refractivity contribution in [2.75, 3.05) is 32.7 Å². The van der Waals surface area contributed by atoms with Gasteiger partial charge in [0.15, 0.2) is 5.96 Å². The molecule has 0 atom stereocenters. The van der Waals surface area contributed by atoms with Crippen molar-refractivity contribution in [2.45, 2.75) is 57.4 Å². The lowest BCUT2D eigenvalue weighted by Gasteiger charge is -2.33. The van der Waals surface area contributed by atoms with Gasteiger partial charge in [-0.25, -0.2) is 4.39 Å². The molecule has 152 valence electrons. The van der Waals surface area contributed by atoms with E-state index < -0.39 is 0 Å². The second-order valence-corrected chi connectivity index (χ2v) is 7.75. The van der Waals surface area contributed by atoms with E-state index >= 15 is 0 Å². The molecule has 0 unspecified atom stereocenters. The largest absolute Gasteiger partial charge is 0.357 e. The normalized spacial score (nSPS) is 20.0. The van der Waals surface area contributed by atoms with E-state index in [2.05, 4.69) is 29.4 Å². The molecule has 1 aromatic rings. The molecule has 3 rings (SSSR count). The quantitative estimate of drug-likeness (QED) is 0.348. The third-order valence-corrected chi connectivity index (χ3v) is 5.64. The second-order valence-electron chi connectivity index (χ2n) is 7.75. The summed E-state index contributed by atoms with van der Waals surface area (Å²) in [6, 6.07) is 7.52. The van der Waals surface area contributed by atoms with Gasteiger partial charge in [0.1, 0.15) is 5.82 Å². The molecule has 4 nitrogen and oxygen atoms in total. The highest BCUT2D eigenvalue weighted by Gasteiger charge is 2.44. The Morgan fingerprint density at radius 1 is 1.26 bits per heavy atom. The predicted molar refractivity (Wildman–Crippen MR) is 122 cm³/mol. The van der Waals surface area contributed by atoms with Crippen LogP contribution in [0.5, 0.6) is 0 Å². The lowest BCUT2D eigenvalue weighted by Crippen LogP contribution is -2.49. The van der Waals surface area contributed by atoms with Gasteiger partial charge in [-0.3, -0.25) is 4.99 Å². The molecule has 1 aliphatic heterocycles. The Morgan fingerprint density at radius 3 is 2.59 bits per heavy atom. The van der Waals surface area contributed by atoms with Crippen molar-refractivity contribution in [3.8, 4) is 0 Å². The van der Waals surface area contributed by atoms with Crippen molar-refractivity contribution < 1.29 is 4.39 Å². The van der Waals surface area contributed by atoms with Crippen LogP contribution in [0.15, 0.2) is 29.3 Å². The average Bonchev–Trinajstić information content (AvgIpc) is 3.43. The number of rotatable bonds is 7. The molecule has 27 heavy (non-hydrogen) atoms.